The minimum atomic E-state index is -0.645. The third-order valence-corrected chi connectivity index (χ3v) is 2.83. The van der Waals surface area contributed by atoms with Crippen LogP contribution in [0.25, 0.3) is 0 Å². The van der Waals surface area contributed by atoms with Gasteiger partial charge in [-0.2, -0.15) is 0 Å². The van der Waals surface area contributed by atoms with Crippen molar-refractivity contribution in [2.24, 2.45) is 0 Å². The molecule has 0 heterocycles. The molecule has 1 aromatic carbocycles. The van der Waals surface area contributed by atoms with Crippen LogP contribution in [0.4, 0.5) is 0 Å². The van der Waals surface area contributed by atoms with Gasteiger partial charge in [-0.15, -0.1) is 0 Å². The van der Waals surface area contributed by atoms with Crippen LogP contribution in [0.1, 0.15) is 34.6 Å². The van der Waals surface area contributed by atoms with Crippen LogP contribution in [-0.4, -0.2) is 28.8 Å². The minimum absolute atomic E-state index is 0.131. The average molecular weight is 245 g/mol. The molecule has 0 saturated carbocycles. The van der Waals surface area contributed by atoms with Crippen molar-refractivity contribution in [2.75, 3.05) is 6.61 Å². The summed E-state index contributed by atoms with van der Waals surface area (Å²) >= 11 is 0. The fourth-order valence-corrected chi connectivity index (χ4v) is 1.81. The number of hydrogen-bond acceptors (Lipinski definition) is 4. The van der Waals surface area contributed by atoms with Crippen LogP contribution in [0.3, 0.4) is 0 Å². The molecule has 0 radical (unpaired) electrons. The number of hydrogen-bond donors (Lipinski definition) is 2. The third kappa shape index (κ3) is 2.19. The van der Waals surface area contributed by atoms with E-state index in [1.165, 1.54) is 6.08 Å². The Morgan fingerprint density at radius 2 is 1.78 bits per heavy atom. The summed E-state index contributed by atoms with van der Waals surface area (Å²) < 4.78 is 0. The van der Waals surface area contributed by atoms with E-state index in [4.69, 9.17) is 0 Å². The molecule has 1 aliphatic rings. The van der Waals surface area contributed by atoms with Crippen molar-refractivity contribution in [3.8, 4) is 0 Å². The number of allylic oxidation sites excluding steroid dienone is 2. The van der Waals surface area contributed by atoms with Crippen LogP contribution >= 0.6 is 0 Å². The molecule has 0 saturated heterocycles. The molecular weight excluding hydrogens is 230 g/mol. The molecule has 0 bridgehead atoms. The Hall–Kier alpha value is -1.94. The van der Waals surface area contributed by atoms with E-state index in [9.17, 15) is 14.7 Å². The van der Waals surface area contributed by atoms with Crippen molar-refractivity contribution in [3.63, 3.8) is 0 Å². The van der Waals surface area contributed by atoms with Crippen LogP contribution < -0.4 is 5.32 Å². The second-order valence-electron chi connectivity index (χ2n) is 4.96. The Kier molecular flexibility index (Phi) is 3.05. The number of benzene rings is 1. The highest BCUT2D eigenvalue weighted by Gasteiger charge is 2.28. The first-order valence-corrected chi connectivity index (χ1v) is 5.73. The normalized spacial score (nSPS) is 15.2. The van der Waals surface area contributed by atoms with Gasteiger partial charge in [0.25, 0.3) is 0 Å². The zero-order valence-electron chi connectivity index (χ0n) is 10.4. The molecule has 0 aromatic heterocycles. The molecule has 0 fully saturated rings. The lowest BCUT2D eigenvalue weighted by molar-refractivity contribution is 0.0967. The van der Waals surface area contributed by atoms with Gasteiger partial charge in [0.05, 0.1) is 17.8 Å². The number of aliphatic hydroxyl groups excluding tert-OH is 1. The number of ketones is 2. The number of aliphatic hydroxyl groups is 1. The maximum absolute atomic E-state index is 12.2. The molecule has 0 atom stereocenters. The van der Waals surface area contributed by atoms with Crippen LogP contribution in [0.15, 0.2) is 36.0 Å². The topological polar surface area (TPSA) is 66.4 Å². The Labute approximate surface area is 105 Å². The first-order chi connectivity index (χ1) is 8.44. The molecule has 1 aromatic rings. The van der Waals surface area contributed by atoms with Crippen molar-refractivity contribution >= 4 is 11.6 Å². The fraction of sp³-hybridized carbons (Fsp3) is 0.286. The van der Waals surface area contributed by atoms with Gasteiger partial charge in [0.1, 0.15) is 0 Å². The molecule has 4 heteroatoms. The largest absolute Gasteiger partial charge is 0.394 e. The lowest BCUT2D eigenvalue weighted by Crippen LogP contribution is -2.44. The van der Waals surface area contributed by atoms with Gasteiger partial charge in [-0.1, -0.05) is 24.3 Å². The molecule has 2 N–H and O–H groups in total. The van der Waals surface area contributed by atoms with Crippen molar-refractivity contribution in [3.05, 3.63) is 47.2 Å². The van der Waals surface area contributed by atoms with Crippen LogP contribution in [-0.2, 0) is 0 Å². The van der Waals surface area contributed by atoms with E-state index in [0.29, 0.717) is 11.1 Å². The Morgan fingerprint density at radius 3 is 2.39 bits per heavy atom. The van der Waals surface area contributed by atoms with Gasteiger partial charge in [-0.05, 0) is 13.8 Å². The van der Waals surface area contributed by atoms with E-state index in [0.717, 1.165) is 0 Å². The van der Waals surface area contributed by atoms with E-state index in [1.54, 1.807) is 38.1 Å². The summed E-state index contributed by atoms with van der Waals surface area (Å²) in [5, 5.41) is 12.1. The van der Waals surface area contributed by atoms with Gasteiger partial charge in [0.15, 0.2) is 5.78 Å². The summed E-state index contributed by atoms with van der Waals surface area (Å²) in [6.45, 7) is 3.38. The Morgan fingerprint density at radius 1 is 1.17 bits per heavy atom. The van der Waals surface area contributed by atoms with Gasteiger partial charge in [-0.3, -0.25) is 9.59 Å². The van der Waals surface area contributed by atoms with E-state index in [-0.39, 0.29) is 23.9 Å². The summed E-state index contributed by atoms with van der Waals surface area (Å²) in [4.78, 5) is 24.1. The second-order valence-corrected chi connectivity index (χ2v) is 4.96. The molecule has 1 aliphatic carbocycles. The van der Waals surface area contributed by atoms with E-state index >= 15 is 0 Å². The molecular formula is C14H15NO3. The van der Waals surface area contributed by atoms with Crippen molar-refractivity contribution in [1.29, 1.82) is 0 Å². The molecule has 4 nitrogen and oxygen atoms in total. The van der Waals surface area contributed by atoms with E-state index in [2.05, 4.69) is 5.32 Å². The van der Waals surface area contributed by atoms with E-state index in [1.807, 2.05) is 0 Å². The van der Waals surface area contributed by atoms with Crippen molar-refractivity contribution in [2.45, 2.75) is 19.4 Å². The zero-order valence-corrected chi connectivity index (χ0v) is 10.4. The highest BCUT2D eigenvalue weighted by atomic mass is 16.3. The number of Topliss-reactive ketones (excluding diaryl/α,β-unsaturated/α-hetero) is 1. The summed E-state index contributed by atoms with van der Waals surface area (Å²) in [6.07, 6.45) is 1.29. The Balaban J connectivity index is 2.37. The molecule has 18 heavy (non-hydrogen) atoms. The van der Waals surface area contributed by atoms with E-state index < -0.39 is 5.54 Å². The van der Waals surface area contributed by atoms with Crippen LogP contribution in [0, 0.1) is 0 Å². The number of carbonyl (C=O) groups excluding carboxylic acids is 2. The van der Waals surface area contributed by atoms with Gasteiger partial charge < -0.3 is 10.4 Å². The maximum atomic E-state index is 12.2. The zero-order chi connectivity index (χ0) is 13.3. The van der Waals surface area contributed by atoms with Crippen molar-refractivity contribution < 1.29 is 14.7 Å². The highest BCUT2D eigenvalue weighted by Crippen LogP contribution is 2.21. The molecule has 2 rings (SSSR count). The lowest BCUT2D eigenvalue weighted by Gasteiger charge is -2.27. The number of carbonyl (C=O) groups is 2. The summed E-state index contributed by atoms with van der Waals surface area (Å²) in [6, 6.07) is 6.73. The molecule has 0 spiro atoms. The van der Waals surface area contributed by atoms with Gasteiger partial charge in [0.2, 0.25) is 5.78 Å². The average Bonchev–Trinajstić information content (AvgIpc) is 2.35. The predicted octanol–water partition coefficient (Wildman–Crippen LogP) is 1.31. The number of fused-ring (bicyclic) bond motifs is 1. The molecule has 94 valence electrons. The summed E-state index contributed by atoms with van der Waals surface area (Å²) in [5.74, 6) is -0.409. The van der Waals surface area contributed by atoms with Crippen LogP contribution in [0.2, 0.25) is 0 Å². The molecule has 0 aliphatic heterocycles. The Bertz CT molecular complexity index is 544. The van der Waals surface area contributed by atoms with Gasteiger partial charge in [-0.25, -0.2) is 0 Å². The highest BCUT2D eigenvalue weighted by molar-refractivity contribution is 6.24. The summed E-state index contributed by atoms with van der Waals surface area (Å²) in [5.41, 5.74) is 0.419. The summed E-state index contributed by atoms with van der Waals surface area (Å²) in [7, 11) is 0. The number of rotatable bonds is 3. The fourth-order valence-electron chi connectivity index (χ4n) is 1.81. The quantitative estimate of drug-likeness (QED) is 0.842. The smallest absolute Gasteiger partial charge is 0.209 e. The monoisotopic (exact) mass is 245 g/mol. The SMILES string of the molecule is CC(C)(CO)NC1=CC(=O)c2ccccc2C1=O. The van der Waals surface area contributed by atoms with Gasteiger partial charge in [0, 0.05) is 17.2 Å². The maximum Gasteiger partial charge on any atom is 0.209 e. The predicted molar refractivity (Wildman–Crippen MR) is 67.5 cm³/mol. The van der Waals surface area contributed by atoms with Gasteiger partial charge >= 0.3 is 0 Å². The first kappa shape index (κ1) is 12.5. The second kappa shape index (κ2) is 4.38. The minimum Gasteiger partial charge on any atom is -0.394 e. The molecule has 0 unspecified atom stereocenters. The molecule has 0 amide bonds. The first-order valence-electron chi connectivity index (χ1n) is 5.73. The standard InChI is InChI=1S/C14H15NO3/c1-14(2,8-16)15-11-7-12(17)9-5-3-4-6-10(9)13(11)18/h3-7,15-16H,8H2,1-2H3. The van der Waals surface area contributed by atoms with Crippen LogP contribution in [0.5, 0.6) is 0 Å². The number of nitrogens with one attached hydrogen (secondary N) is 1. The van der Waals surface area contributed by atoms with Crippen molar-refractivity contribution in [1.82, 2.24) is 5.32 Å². The lowest BCUT2D eigenvalue weighted by atomic mass is 9.91. The third-order valence-electron chi connectivity index (χ3n) is 2.83.